The van der Waals surface area contributed by atoms with Crippen LogP contribution in [0.25, 0.3) is 11.1 Å². The molecule has 0 aliphatic carbocycles. The van der Waals surface area contributed by atoms with Crippen LogP contribution in [0.4, 0.5) is 0 Å². The van der Waals surface area contributed by atoms with Gasteiger partial charge in [0, 0.05) is 44.7 Å². The summed E-state index contributed by atoms with van der Waals surface area (Å²) in [6.07, 6.45) is 10.7. The maximum Gasteiger partial charge on any atom is 0.328 e. The number of rotatable bonds is 24. The van der Waals surface area contributed by atoms with Crippen LogP contribution >= 0.6 is 0 Å². The number of nitrogens with one attached hydrogen (secondary N) is 4. The van der Waals surface area contributed by atoms with Crippen molar-refractivity contribution in [3.63, 3.8) is 0 Å². The van der Waals surface area contributed by atoms with Crippen LogP contribution in [-0.4, -0.2) is 131 Å². The van der Waals surface area contributed by atoms with E-state index in [1.54, 1.807) is 43.4 Å². The average molecular weight is 909 g/mol. The number of unbranched alkanes of at least 4 members (excludes halogenated alkanes) is 8. The number of hydrogen-bond donors (Lipinski definition) is 4. The molecule has 1 aliphatic rings. The van der Waals surface area contributed by atoms with Gasteiger partial charge in [0.1, 0.15) is 41.7 Å². The highest BCUT2D eigenvalue weighted by atomic mass is 16.5. The van der Waals surface area contributed by atoms with Crippen LogP contribution in [0.2, 0.25) is 0 Å². The Morgan fingerprint density at radius 2 is 1.38 bits per heavy atom. The van der Waals surface area contributed by atoms with Gasteiger partial charge >= 0.3 is 5.97 Å². The molecule has 2 aromatic carbocycles. The van der Waals surface area contributed by atoms with Crippen LogP contribution in [0.3, 0.4) is 0 Å². The number of nitrogens with zero attached hydrogens (tertiary/aromatic N) is 2. The largest absolute Gasteiger partial charge is 0.496 e. The summed E-state index contributed by atoms with van der Waals surface area (Å²) < 4.78 is 22.2. The molecule has 17 nitrogen and oxygen atoms in total. The second kappa shape index (κ2) is 27.6. The van der Waals surface area contributed by atoms with Crippen molar-refractivity contribution in [1.29, 1.82) is 0 Å². The van der Waals surface area contributed by atoms with Crippen molar-refractivity contribution in [2.24, 2.45) is 0 Å². The molecule has 17 heteroatoms. The normalized spacial score (nSPS) is 17.0. The number of amides is 6. The van der Waals surface area contributed by atoms with Crippen LogP contribution in [-0.2, 0) is 49.5 Å². The first-order chi connectivity index (χ1) is 31.1. The lowest BCUT2D eigenvalue weighted by molar-refractivity contribution is -0.145. The number of benzene rings is 2. The van der Waals surface area contributed by atoms with Crippen LogP contribution < -0.4 is 30.7 Å². The second-order valence-electron chi connectivity index (χ2n) is 16.5. The molecule has 0 radical (unpaired) electrons. The molecule has 0 saturated heterocycles. The first-order valence-corrected chi connectivity index (χ1v) is 22.8. The third-order valence-corrected chi connectivity index (χ3v) is 11.6. The molecule has 0 saturated carbocycles. The van der Waals surface area contributed by atoms with Crippen LogP contribution in [0, 0.1) is 0 Å². The van der Waals surface area contributed by atoms with E-state index in [1.807, 2.05) is 6.92 Å². The quantitative estimate of drug-likeness (QED) is 0.0858. The van der Waals surface area contributed by atoms with Gasteiger partial charge < -0.3 is 50.0 Å². The number of fused-ring (bicyclic) bond motifs is 5. The molecule has 0 aromatic heterocycles. The fourth-order valence-corrected chi connectivity index (χ4v) is 7.50. The summed E-state index contributed by atoms with van der Waals surface area (Å²) in [4.78, 5) is 97.2. The van der Waals surface area contributed by atoms with Crippen molar-refractivity contribution in [1.82, 2.24) is 31.1 Å². The minimum atomic E-state index is -1.34. The lowest BCUT2D eigenvalue weighted by Gasteiger charge is -2.30. The number of hydrogen-bond acceptors (Lipinski definition) is 11. The molecule has 65 heavy (non-hydrogen) atoms. The van der Waals surface area contributed by atoms with E-state index >= 15 is 0 Å². The zero-order chi connectivity index (χ0) is 48.1. The standard InChI is InChI=1S/C48H72N6O11/c1-10-12-14-15-16-17-18-19-20-41(55)53(5)38(30-65-25-13-11-2)46(59)50-31(3)44(57)49-29-42(56)54(6)43-34-22-24-40(63-8)36(28-34)35-26-33(21-23-39(35)62-7)27-37(48(61)64-9)52-45(58)32(4)51-47(43)60/h21-24,26,28,31-32,37-38,43H,10-20,25,27,29-30H2,1-9H3,(H,49,57)(H,50,59)(H,51,60)(H,52,58)/t31-,32+,37+,38-,43+/m1/s1. The molecule has 0 unspecified atom stereocenters. The van der Waals surface area contributed by atoms with Crippen molar-refractivity contribution in [2.45, 2.75) is 135 Å². The molecule has 360 valence electrons. The van der Waals surface area contributed by atoms with E-state index < -0.39 is 72.3 Å². The lowest BCUT2D eigenvalue weighted by atomic mass is 9.93. The van der Waals surface area contributed by atoms with E-state index in [0.29, 0.717) is 46.8 Å². The molecule has 4 N–H and O–H groups in total. The third-order valence-electron chi connectivity index (χ3n) is 11.6. The van der Waals surface area contributed by atoms with Crippen molar-refractivity contribution >= 4 is 41.4 Å². The molecule has 0 fully saturated rings. The highest BCUT2D eigenvalue weighted by molar-refractivity contribution is 5.96. The fourth-order valence-electron chi connectivity index (χ4n) is 7.50. The number of likely N-dealkylation sites (N-methyl/N-ethyl adjacent to an activating group) is 2. The summed E-state index contributed by atoms with van der Waals surface area (Å²) in [5.74, 6) is -3.35. The summed E-state index contributed by atoms with van der Waals surface area (Å²) in [6, 6.07) is 4.50. The van der Waals surface area contributed by atoms with Crippen molar-refractivity contribution in [2.75, 3.05) is 55.2 Å². The minimum Gasteiger partial charge on any atom is -0.496 e. The van der Waals surface area contributed by atoms with E-state index in [0.717, 1.165) is 37.0 Å². The van der Waals surface area contributed by atoms with Crippen LogP contribution in [0.5, 0.6) is 11.5 Å². The van der Waals surface area contributed by atoms with Crippen molar-refractivity contribution in [3.05, 3.63) is 47.5 Å². The highest BCUT2D eigenvalue weighted by Gasteiger charge is 2.34. The number of esters is 1. The Kier molecular flexibility index (Phi) is 22.8. The van der Waals surface area contributed by atoms with Gasteiger partial charge in [0.05, 0.1) is 34.5 Å². The fraction of sp³-hybridized carbons (Fsp3) is 0.604. The monoisotopic (exact) mass is 909 g/mol. The first kappa shape index (κ1) is 53.6. The molecule has 3 rings (SSSR count). The predicted octanol–water partition coefficient (Wildman–Crippen LogP) is 4.38. The van der Waals surface area contributed by atoms with Gasteiger partial charge in [-0.1, -0.05) is 77.3 Å². The topological polar surface area (TPSA) is 211 Å². The van der Waals surface area contributed by atoms with E-state index in [2.05, 4.69) is 28.2 Å². The van der Waals surface area contributed by atoms with Crippen molar-refractivity contribution < 1.29 is 52.5 Å². The maximum absolute atomic E-state index is 14.2. The Morgan fingerprint density at radius 3 is 2.02 bits per heavy atom. The minimum absolute atomic E-state index is 0.0516. The van der Waals surface area contributed by atoms with Crippen molar-refractivity contribution in [3.8, 4) is 22.6 Å². The van der Waals surface area contributed by atoms with Gasteiger partial charge in [-0.2, -0.15) is 0 Å². The van der Waals surface area contributed by atoms with Gasteiger partial charge in [0.2, 0.25) is 35.4 Å². The Morgan fingerprint density at radius 1 is 0.769 bits per heavy atom. The number of ether oxygens (including phenoxy) is 4. The molecule has 0 spiro atoms. The number of carbonyl (C=O) groups excluding carboxylic acids is 7. The van der Waals surface area contributed by atoms with E-state index in [1.165, 1.54) is 72.8 Å². The number of carbonyl (C=O) groups is 7. The molecule has 6 amide bonds. The summed E-state index contributed by atoms with van der Waals surface area (Å²) in [5, 5.41) is 10.6. The van der Waals surface area contributed by atoms with Crippen LogP contribution in [0.15, 0.2) is 36.4 Å². The smallest absolute Gasteiger partial charge is 0.328 e. The molecular weight excluding hydrogens is 837 g/mol. The highest BCUT2D eigenvalue weighted by Crippen LogP contribution is 2.39. The van der Waals surface area contributed by atoms with Gasteiger partial charge in [-0.3, -0.25) is 28.8 Å². The number of methoxy groups -OCH3 is 3. The summed E-state index contributed by atoms with van der Waals surface area (Å²) in [7, 11) is 7.14. The molecular formula is C48H72N6O11. The zero-order valence-electron chi connectivity index (χ0n) is 39.8. The summed E-state index contributed by atoms with van der Waals surface area (Å²) in [6.45, 7) is 6.90. The molecule has 4 bridgehead atoms. The zero-order valence-corrected chi connectivity index (χ0v) is 39.8. The Balaban J connectivity index is 1.81. The summed E-state index contributed by atoms with van der Waals surface area (Å²) >= 11 is 0. The van der Waals surface area contributed by atoms with Gasteiger partial charge in [-0.25, -0.2) is 4.79 Å². The predicted molar refractivity (Wildman–Crippen MR) is 246 cm³/mol. The molecule has 2 aromatic rings. The molecule has 5 atom stereocenters. The Labute approximate surface area is 384 Å². The van der Waals surface area contributed by atoms with Gasteiger partial charge in [-0.05, 0) is 62.1 Å². The Hall–Kier alpha value is -5.71. The average Bonchev–Trinajstić information content (AvgIpc) is 3.30. The van der Waals surface area contributed by atoms with Gasteiger partial charge in [0.25, 0.3) is 0 Å². The van der Waals surface area contributed by atoms with Gasteiger partial charge in [0.15, 0.2) is 0 Å². The molecule has 1 aliphatic heterocycles. The SMILES string of the molecule is CCCCCCCCCCC(=O)N(C)[C@H](COCCCC)C(=O)N[C@H](C)C(=O)NCC(=O)N(C)[C@@H]1C(=O)N[C@@H](C)C(=O)N[C@H](C(=O)OC)Cc2ccc(OC)c(c2)-c2cc1ccc2OC. The summed E-state index contributed by atoms with van der Waals surface area (Å²) in [5.41, 5.74) is 2.07. The van der Waals surface area contributed by atoms with Gasteiger partial charge in [-0.15, -0.1) is 0 Å². The van der Waals surface area contributed by atoms with Crippen LogP contribution in [0.1, 0.15) is 115 Å². The molecule has 1 heterocycles. The van der Waals surface area contributed by atoms with E-state index in [4.69, 9.17) is 18.9 Å². The lowest BCUT2D eigenvalue weighted by Crippen LogP contribution is -2.55. The maximum atomic E-state index is 14.2. The first-order valence-electron chi connectivity index (χ1n) is 22.8. The van der Waals surface area contributed by atoms with E-state index in [9.17, 15) is 33.6 Å². The second-order valence-corrected chi connectivity index (χ2v) is 16.5. The Bertz CT molecular complexity index is 1930. The van der Waals surface area contributed by atoms with E-state index in [-0.39, 0.29) is 25.4 Å². The third kappa shape index (κ3) is 16.0.